The highest BCUT2D eigenvalue weighted by Gasteiger charge is 2.14. The molecule has 0 atom stereocenters. The number of rotatable bonds is 4. The van der Waals surface area contributed by atoms with Crippen molar-refractivity contribution in [2.24, 2.45) is 0 Å². The van der Waals surface area contributed by atoms with Gasteiger partial charge in [0, 0.05) is 16.3 Å². The summed E-state index contributed by atoms with van der Waals surface area (Å²) in [7, 11) is 0. The van der Waals surface area contributed by atoms with Crippen LogP contribution in [0.4, 0.5) is 0 Å². The molecule has 1 N–H and O–H groups in total. The Morgan fingerprint density at radius 3 is 2.58 bits per heavy atom. The first-order valence-electron chi connectivity index (χ1n) is 8.02. The highest BCUT2D eigenvalue weighted by molar-refractivity contribution is 6.31. The van der Waals surface area contributed by atoms with Crippen LogP contribution in [0.3, 0.4) is 0 Å². The molecule has 0 spiro atoms. The van der Waals surface area contributed by atoms with Gasteiger partial charge in [-0.05, 0) is 31.2 Å². The molecule has 0 unspecified atom stereocenters. The van der Waals surface area contributed by atoms with E-state index in [0.717, 1.165) is 28.2 Å². The molecule has 3 heterocycles. The molecular weight excluding hydrogens is 352 g/mol. The zero-order chi connectivity index (χ0) is 18.3. The molecule has 0 saturated heterocycles. The maximum absolute atomic E-state index is 11.1. The Morgan fingerprint density at radius 1 is 1.12 bits per heavy atom. The van der Waals surface area contributed by atoms with E-state index >= 15 is 0 Å². The number of fused-ring (bicyclic) bond motifs is 1. The van der Waals surface area contributed by atoms with Gasteiger partial charge in [-0.3, -0.25) is 4.68 Å². The van der Waals surface area contributed by atoms with Gasteiger partial charge >= 0.3 is 5.97 Å². The molecule has 0 amide bonds. The van der Waals surface area contributed by atoms with Crippen molar-refractivity contribution in [3.63, 3.8) is 0 Å². The monoisotopic (exact) mass is 366 g/mol. The van der Waals surface area contributed by atoms with E-state index in [1.54, 1.807) is 10.7 Å². The van der Waals surface area contributed by atoms with Crippen molar-refractivity contribution in [3.8, 4) is 11.3 Å². The van der Waals surface area contributed by atoms with Crippen molar-refractivity contribution >= 4 is 23.1 Å². The molecule has 0 aliphatic rings. The molecule has 1 aromatic carbocycles. The predicted octanol–water partition coefficient (Wildman–Crippen LogP) is 3.91. The zero-order valence-corrected chi connectivity index (χ0v) is 14.7. The van der Waals surface area contributed by atoms with Gasteiger partial charge in [0.25, 0.3) is 0 Å². The van der Waals surface area contributed by atoms with Crippen molar-refractivity contribution in [3.05, 3.63) is 76.7 Å². The van der Waals surface area contributed by atoms with Crippen LogP contribution in [0.1, 0.15) is 21.9 Å². The van der Waals surface area contributed by atoms with Gasteiger partial charge in [-0.2, -0.15) is 10.2 Å². The minimum Gasteiger partial charge on any atom is -0.476 e. The van der Waals surface area contributed by atoms with Crippen LogP contribution in [0, 0.1) is 6.92 Å². The molecule has 0 saturated carbocycles. The van der Waals surface area contributed by atoms with Crippen LogP contribution in [0.5, 0.6) is 0 Å². The number of hydrogen-bond acceptors (Lipinski definition) is 3. The second-order valence-corrected chi connectivity index (χ2v) is 6.47. The fourth-order valence-electron chi connectivity index (χ4n) is 2.92. The van der Waals surface area contributed by atoms with Crippen molar-refractivity contribution in [2.45, 2.75) is 13.5 Å². The van der Waals surface area contributed by atoms with Crippen LogP contribution in [0.15, 0.2) is 54.6 Å². The number of aromatic nitrogens is 4. The van der Waals surface area contributed by atoms with Crippen molar-refractivity contribution < 1.29 is 9.90 Å². The summed E-state index contributed by atoms with van der Waals surface area (Å²) in [5.74, 6) is -1.05. The molecule has 4 aromatic rings. The standard InChI is InChI=1S/C19H15ClN4O2/c1-12-7-18(19(25)26)21-23(12)11-16-9-14(20)8-15-10-17(22-24(15)16)13-5-3-2-4-6-13/h2-10H,11H2,1H3,(H,25,26). The topological polar surface area (TPSA) is 72.4 Å². The zero-order valence-electron chi connectivity index (χ0n) is 13.9. The normalized spacial score (nSPS) is 11.2. The fraction of sp³-hybridized carbons (Fsp3) is 0.105. The average molecular weight is 367 g/mol. The molecule has 0 fully saturated rings. The van der Waals surface area contributed by atoms with Crippen molar-refractivity contribution in [2.75, 3.05) is 0 Å². The summed E-state index contributed by atoms with van der Waals surface area (Å²) in [4.78, 5) is 11.1. The SMILES string of the molecule is Cc1cc(C(=O)O)nn1Cc1cc(Cl)cc2cc(-c3ccccc3)nn12. The third-order valence-electron chi connectivity index (χ3n) is 4.18. The van der Waals surface area contributed by atoms with Crippen LogP contribution in [-0.2, 0) is 6.54 Å². The highest BCUT2D eigenvalue weighted by Crippen LogP contribution is 2.24. The summed E-state index contributed by atoms with van der Waals surface area (Å²) in [6, 6.07) is 17.1. The minimum absolute atomic E-state index is 0.0196. The lowest BCUT2D eigenvalue weighted by molar-refractivity contribution is 0.0689. The maximum Gasteiger partial charge on any atom is 0.356 e. The number of nitrogens with zero attached hydrogens (tertiary/aromatic N) is 4. The lowest BCUT2D eigenvalue weighted by Crippen LogP contribution is -2.10. The molecule has 3 aromatic heterocycles. The maximum atomic E-state index is 11.1. The van der Waals surface area contributed by atoms with E-state index in [9.17, 15) is 4.79 Å². The van der Waals surface area contributed by atoms with Gasteiger partial charge in [0.15, 0.2) is 5.69 Å². The largest absolute Gasteiger partial charge is 0.476 e. The summed E-state index contributed by atoms with van der Waals surface area (Å²) in [5.41, 5.74) is 4.32. The van der Waals surface area contributed by atoms with E-state index in [4.69, 9.17) is 21.8 Å². The first kappa shape index (κ1) is 16.4. The molecule has 7 heteroatoms. The number of carboxylic acid groups (broad SMARTS) is 1. The molecule has 6 nitrogen and oxygen atoms in total. The Morgan fingerprint density at radius 2 is 1.88 bits per heavy atom. The van der Waals surface area contributed by atoms with Gasteiger partial charge in [0.05, 0.1) is 23.4 Å². The lowest BCUT2D eigenvalue weighted by Gasteiger charge is -2.08. The molecular formula is C19H15ClN4O2. The van der Waals surface area contributed by atoms with Gasteiger partial charge in [0.1, 0.15) is 0 Å². The average Bonchev–Trinajstić information content (AvgIpc) is 3.20. The number of pyridine rings is 1. The van der Waals surface area contributed by atoms with Gasteiger partial charge in [-0.15, -0.1) is 0 Å². The quantitative estimate of drug-likeness (QED) is 0.594. The number of aryl methyl sites for hydroxylation is 1. The Hall–Kier alpha value is -3.12. The van der Waals surface area contributed by atoms with Crippen LogP contribution in [-0.4, -0.2) is 30.5 Å². The molecule has 0 bridgehead atoms. The molecule has 0 aliphatic carbocycles. The number of halogens is 1. The lowest BCUT2D eigenvalue weighted by atomic mass is 10.1. The first-order chi connectivity index (χ1) is 12.5. The van der Waals surface area contributed by atoms with Gasteiger partial charge in [-0.1, -0.05) is 41.9 Å². The van der Waals surface area contributed by atoms with Crippen LogP contribution in [0.2, 0.25) is 5.02 Å². The van der Waals surface area contributed by atoms with Gasteiger partial charge in [-0.25, -0.2) is 9.31 Å². The fourth-order valence-corrected chi connectivity index (χ4v) is 3.16. The van der Waals surface area contributed by atoms with E-state index in [1.807, 2.05) is 60.0 Å². The summed E-state index contributed by atoms with van der Waals surface area (Å²) in [6.45, 7) is 2.19. The van der Waals surface area contributed by atoms with E-state index in [2.05, 4.69) is 5.10 Å². The highest BCUT2D eigenvalue weighted by atomic mass is 35.5. The summed E-state index contributed by atoms with van der Waals surface area (Å²) >= 11 is 6.28. The summed E-state index contributed by atoms with van der Waals surface area (Å²) in [5, 5.41) is 18.5. The van der Waals surface area contributed by atoms with Crippen molar-refractivity contribution in [1.29, 1.82) is 0 Å². The smallest absolute Gasteiger partial charge is 0.356 e. The number of carbonyl (C=O) groups is 1. The van der Waals surface area contributed by atoms with Crippen molar-refractivity contribution in [1.82, 2.24) is 19.4 Å². The van der Waals surface area contributed by atoms with E-state index < -0.39 is 5.97 Å². The number of hydrogen-bond donors (Lipinski definition) is 1. The van der Waals surface area contributed by atoms with E-state index in [0.29, 0.717) is 11.6 Å². The van der Waals surface area contributed by atoms with Crippen LogP contribution in [0.25, 0.3) is 16.8 Å². The molecule has 130 valence electrons. The summed E-state index contributed by atoms with van der Waals surface area (Å²) in [6.07, 6.45) is 0. The van der Waals surface area contributed by atoms with Gasteiger partial charge in [0.2, 0.25) is 0 Å². The Balaban J connectivity index is 1.80. The minimum atomic E-state index is -1.05. The third kappa shape index (κ3) is 2.95. The molecule has 0 radical (unpaired) electrons. The second-order valence-electron chi connectivity index (χ2n) is 6.03. The molecule has 26 heavy (non-hydrogen) atoms. The summed E-state index contributed by atoms with van der Waals surface area (Å²) < 4.78 is 3.45. The predicted molar refractivity (Wildman–Crippen MR) is 98.7 cm³/mol. The molecule has 4 rings (SSSR count). The first-order valence-corrected chi connectivity index (χ1v) is 8.40. The van der Waals surface area contributed by atoms with Crippen LogP contribution < -0.4 is 0 Å². The van der Waals surface area contributed by atoms with Crippen LogP contribution >= 0.6 is 11.6 Å². The second kappa shape index (κ2) is 6.31. The Labute approximate surface area is 154 Å². The number of benzene rings is 1. The molecule has 0 aliphatic heterocycles. The number of aromatic carboxylic acids is 1. The Bertz CT molecular complexity index is 1120. The third-order valence-corrected chi connectivity index (χ3v) is 4.40. The van der Waals surface area contributed by atoms with E-state index in [1.165, 1.54) is 0 Å². The van der Waals surface area contributed by atoms with Gasteiger partial charge < -0.3 is 5.11 Å². The Kier molecular flexibility index (Phi) is 3.97. The van der Waals surface area contributed by atoms with E-state index in [-0.39, 0.29) is 5.69 Å². The number of carboxylic acids is 1.